The Morgan fingerprint density at radius 1 is 1.29 bits per heavy atom. The fourth-order valence-corrected chi connectivity index (χ4v) is 4.19. The lowest BCUT2D eigenvalue weighted by Crippen LogP contribution is -2.51. The van der Waals surface area contributed by atoms with E-state index in [4.69, 9.17) is 5.73 Å². The number of benzene rings is 1. The Labute approximate surface area is 144 Å². The largest absolute Gasteiger partial charge is 0.326 e. The third kappa shape index (κ3) is 4.55. The van der Waals surface area contributed by atoms with Gasteiger partial charge in [-0.1, -0.05) is 19.8 Å². The third-order valence-electron chi connectivity index (χ3n) is 4.55. The summed E-state index contributed by atoms with van der Waals surface area (Å²) in [6.45, 7) is 4.22. The highest BCUT2D eigenvalue weighted by atomic mass is 32.2. The molecule has 0 radical (unpaired) electrons. The normalized spacial score (nSPS) is 24.5. The van der Waals surface area contributed by atoms with Crippen LogP contribution in [0.25, 0.3) is 0 Å². The van der Waals surface area contributed by atoms with Crippen LogP contribution in [0.2, 0.25) is 0 Å². The van der Waals surface area contributed by atoms with Crippen molar-refractivity contribution >= 4 is 21.6 Å². The molecule has 7 heteroatoms. The lowest BCUT2D eigenvalue weighted by molar-refractivity contribution is -0.122. The number of nitrogens with two attached hydrogens (primary N) is 1. The number of carbonyl (C=O) groups excluding carboxylic acids is 1. The van der Waals surface area contributed by atoms with E-state index in [1.807, 2.05) is 13.8 Å². The van der Waals surface area contributed by atoms with Gasteiger partial charge in [-0.15, -0.1) is 0 Å². The van der Waals surface area contributed by atoms with Gasteiger partial charge in [-0.2, -0.15) is 0 Å². The number of hydrogen-bond acceptors (Lipinski definition) is 4. The lowest BCUT2D eigenvalue weighted by Gasteiger charge is -2.37. The number of anilines is 1. The third-order valence-corrected chi connectivity index (χ3v) is 6.02. The molecule has 2 rings (SSSR count). The molecule has 1 saturated carbocycles. The predicted octanol–water partition coefficient (Wildman–Crippen LogP) is 2.22. The van der Waals surface area contributed by atoms with Crippen molar-refractivity contribution in [3.63, 3.8) is 0 Å². The molecule has 134 valence electrons. The van der Waals surface area contributed by atoms with Crippen LogP contribution in [0.1, 0.15) is 46.0 Å². The number of sulfonamides is 1. The van der Waals surface area contributed by atoms with Gasteiger partial charge in [0, 0.05) is 17.8 Å². The Morgan fingerprint density at radius 3 is 2.54 bits per heavy atom. The zero-order valence-corrected chi connectivity index (χ0v) is 15.2. The van der Waals surface area contributed by atoms with Crippen LogP contribution in [-0.2, 0) is 14.8 Å². The van der Waals surface area contributed by atoms with Crippen molar-refractivity contribution in [2.45, 2.75) is 56.4 Å². The molecule has 6 nitrogen and oxygen atoms in total. The van der Waals surface area contributed by atoms with Gasteiger partial charge in [-0.3, -0.25) is 4.79 Å². The van der Waals surface area contributed by atoms with E-state index in [1.54, 1.807) is 12.1 Å². The molecule has 1 aliphatic carbocycles. The first-order valence-electron chi connectivity index (χ1n) is 8.46. The summed E-state index contributed by atoms with van der Waals surface area (Å²) in [5.74, 6) is -0.319. The molecule has 24 heavy (non-hydrogen) atoms. The van der Waals surface area contributed by atoms with Gasteiger partial charge >= 0.3 is 0 Å². The molecule has 4 N–H and O–H groups in total. The second-order valence-corrected chi connectivity index (χ2v) is 8.48. The Kier molecular flexibility index (Phi) is 6.01. The minimum atomic E-state index is -3.49. The summed E-state index contributed by atoms with van der Waals surface area (Å²) in [5.41, 5.74) is 6.34. The number of amides is 1. The topological polar surface area (TPSA) is 101 Å². The fourth-order valence-electron chi connectivity index (χ4n) is 3.06. The molecule has 1 fully saturated rings. The monoisotopic (exact) mass is 353 g/mol. The fraction of sp³-hybridized carbons (Fsp3) is 0.588. The van der Waals surface area contributed by atoms with Crippen LogP contribution in [0.5, 0.6) is 0 Å². The molecule has 0 heterocycles. The maximum atomic E-state index is 12.5. The smallest absolute Gasteiger partial charge is 0.240 e. The summed E-state index contributed by atoms with van der Waals surface area (Å²) in [6.07, 6.45) is 4.41. The summed E-state index contributed by atoms with van der Waals surface area (Å²) in [6, 6.07) is 6.20. The molecule has 1 aromatic rings. The van der Waals surface area contributed by atoms with E-state index < -0.39 is 15.6 Å². The second-order valence-electron chi connectivity index (χ2n) is 6.72. The van der Waals surface area contributed by atoms with Crippen molar-refractivity contribution in [1.82, 2.24) is 4.72 Å². The minimum Gasteiger partial charge on any atom is -0.326 e. The summed E-state index contributed by atoms with van der Waals surface area (Å²) < 4.78 is 26.6. The van der Waals surface area contributed by atoms with Gasteiger partial charge in [-0.25, -0.2) is 13.1 Å². The molecular weight excluding hydrogens is 326 g/mol. The van der Waals surface area contributed by atoms with Crippen LogP contribution in [0.15, 0.2) is 29.2 Å². The van der Waals surface area contributed by atoms with E-state index in [2.05, 4.69) is 10.0 Å². The SMILES string of the molecule is CCCNS(=O)(=O)c1ccc(NC(=O)C2CCCCC2(C)N)cc1. The predicted molar refractivity (Wildman–Crippen MR) is 95.1 cm³/mol. The van der Waals surface area contributed by atoms with Crippen molar-refractivity contribution in [1.29, 1.82) is 0 Å². The number of carbonyl (C=O) groups is 1. The van der Waals surface area contributed by atoms with Gasteiger partial charge in [0.1, 0.15) is 0 Å². The first kappa shape index (κ1) is 18.9. The van der Waals surface area contributed by atoms with Crippen LogP contribution >= 0.6 is 0 Å². The van der Waals surface area contributed by atoms with E-state index in [0.717, 1.165) is 32.1 Å². The van der Waals surface area contributed by atoms with Crippen molar-refractivity contribution in [2.24, 2.45) is 11.7 Å². The number of rotatable bonds is 6. The average molecular weight is 353 g/mol. The Hall–Kier alpha value is -1.44. The van der Waals surface area contributed by atoms with Crippen LogP contribution < -0.4 is 15.8 Å². The average Bonchev–Trinajstić information content (AvgIpc) is 2.53. The quantitative estimate of drug-likeness (QED) is 0.730. The van der Waals surface area contributed by atoms with Crippen LogP contribution in [0, 0.1) is 5.92 Å². The van der Waals surface area contributed by atoms with E-state index in [9.17, 15) is 13.2 Å². The molecule has 0 saturated heterocycles. The van der Waals surface area contributed by atoms with Gasteiger partial charge in [0.25, 0.3) is 0 Å². The first-order chi connectivity index (χ1) is 11.3. The molecule has 2 atom stereocenters. The van der Waals surface area contributed by atoms with Crippen molar-refractivity contribution in [2.75, 3.05) is 11.9 Å². The van der Waals surface area contributed by atoms with Crippen LogP contribution in [0.4, 0.5) is 5.69 Å². The molecule has 0 spiro atoms. The van der Waals surface area contributed by atoms with Gasteiger partial charge < -0.3 is 11.1 Å². The molecule has 1 aliphatic rings. The highest BCUT2D eigenvalue weighted by molar-refractivity contribution is 7.89. The molecule has 1 aromatic carbocycles. The maximum Gasteiger partial charge on any atom is 0.240 e. The summed E-state index contributed by atoms with van der Waals surface area (Å²) >= 11 is 0. The molecule has 0 aromatic heterocycles. The summed E-state index contributed by atoms with van der Waals surface area (Å²) in [4.78, 5) is 12.7. The summed E-state index contributed by atoms with van der Waals surface area (Å²) in [5, 5.41) is 2.85. The summed E-state index contributed by atoms with van der Waals surface area (Å²) in [7, 11) is -3.49. The van der Waals surface area contributed by atoms with E-state index in [1.165, 1.54) is 12.1 Å². The molecule has 1 amide bonds. The molecule has 0 aliphatic heterocycles. The zero-order valence-electron chi connectivity index (χ0n) is 14.3. The minimum absolute atomic E-state index is 0.0978. The molecular formula is C17H27N3O3S. The van der Waals surface area contributed by atoms with Crippen molar-refractivity contribution in [3.05, 3.63) is 24.3 Å². The zero-order chi connectivity index (χ0) is 17.8. The first-order valence-corrected chi connectivity index (χ1v) is 9.94. The van der Waals surface area contributed by atoms with Gasteiger partial charge in [0.15, 0.2) is 0 Å². The van der Waals surface area contributed by atoms with E-state index in [-0.39, 0.29) is 16.7 Å². The maximum absolute atomic E-state index is 12.5. The van der Waals surface area contributed by atoms with E-state index in [0.29, 0.717) is 12.2 Å². The van der Waals surface area contributed by atoms with Gasteiger partial charge in [0.2, 0.25) is 15.9 Å². The van der Waals surface area contributed by atoms with Crippen LogP contribution in [0.3, 0.4) is 0 Å². The molecule has 0 bridgehead atoms. The lowest BCUT2D eigenvalue weighted by atomic mass is 9.74. The van der Waals surface area contributed by atoms with Gasteiger partial charge in [0.05, 0.1) is 10.8 Å². The highest BCUT2D eigenvalue weighted by Crippen LogP contribution is 2.32. The van der Waals surface area contributed by atoms with Crippen LogP contribution in [-0.4, -0.2) is 26.4 Å². The van der Waals surface area contributed by atoms with E-state index >= 15 is 0 Å². The van der Waals surface area contributed by atoms with Crippen molar-refractivity contribution in [3.8, 4) is 0 Å². The number of hydrogen-bond donors (Lipinski definition) is 3. The standard InChI is InChI=1S/C17H27N3O3S/c1-3-12-19-24(22,23)14-9-7-13(8-10-14)20-16(21)15-6-4-5-11-17(15,2)18/h7-10,15,19H,3-6,11-12,18H2,1-2H3,(H,20,21). The highest BCUT2D eigenvalue weighted by Gasteiger charge is 2.37. The number of nitrogens with one attached hydrogen (secondary N) is 2. The van der Waals surface area contributed by atoms with Gasteiger partial charge in [-0.05, 0) is 50.5 Å². The Morgan fingerprint density at radius 2 is 1.96 bits per heavy atom. The molecule has 2 unspecified atom stereocenters. The second kappa shape index (κ2) is 7.63. The Balaban J connectivity index is 2.05. The van der Waals surface area contributed by atoms with Crippen molar-refractivity contribution < 1.29 is 13.2 Å². The Bertz CT molecular complexity index is 669.